The van der Waals surface area contributed by atoms with Crippen LogP contribution in [0.5, 0.6) is 0 Å². The number of halogens is 2. The van der Waals surface area contributed by atoms with Crippen molar-refractivity contribution in [1.29, 1.82) is 0 Å². The van der Waals surface area contributed by atoms with Gasteiger partial charge in [0.1, 0.15) is 10.8 Å². The van der Waals surface area contributed by atoms with E-state index >= 15 is 0 Å². The Morgan fingerprint density at radius 1 is 1.20 bits per heavy atom. The van der Waals surface area contributed by atoms with Gasteiger partial charge in [0, 0.05) is 19.5 Å². The number of hydrogen-bond donors (Lipinski definition) is 1. The van der Waals surface area contributed by atoms with Gasteiger partial charge in [-0.05, 0) is 6.07 Å². The summed E-state index contributed by atoms with van der Waals surface area (Å²) in [5, 5.41) is 3.61. The van der Waals surface area contributed by atoms with Crippen LogP contribution in [0.15, 0.2) is 36.4 Å². The number of thiazole rings is 1. The van der Waals surface area contributed by atoms with Gasteiger partial charge in [-0.3, -0.25) is 14.9 Å². The Morgan fingerprint density at radius 3 is 2.44 bits per heavy atom. The molecule has 0 aliphatic carbocycles. The van der Waals surface area contributed by atoms with Crippen LogP contribution >= 0.6 is 34.5 Å². The van der Waals surface area contributed by atoms with E-state index in [2.05, 4.69) is 10.3 Å². The van der Waals surface area contributed by atoms with E-state index in [1.165, 1.54) is 17.6 Å². The molecule has 0 atom stereocenters. The molecule has 128 valence electrons. The van der Waals surface area contributed by atoms with Crippen molar-refractivity contribution in [2.45, 2.75) is 6.92 Å². The molecule has 0 unspecified atom stereocenters. The van der Waals surface area contributed by atoms with Crippen LogP contribution in [0.1, 0.15) is 27.1 Å². The van der Waals surface area contributed by atoms with Gasteiger partial charge in [-0.15, -0.1) is 0 Å². The molecule has 1 aromatic carbocycles. The number of amides is 1. The lowest BCUT2D eigenvalue weighted by Gasteiger charge is -2.03. The predicted octanol–water partition coefficient (Wildman–Crippen LogP) is 4.91. The Bertz CT molecular complexity index is 964. The fourth-order valence-corrected chi connectivity index (χ4v) is 3.58. The standard InChI is InChI=1S/C17H13Cl2N3O2S/c1-9(23)14-13(10-6-4-3-5-7-10)20-17(25-14)21-16(24)12-8-11(18)15(19)22(12)2/h3-8H,1-2H3,(H,20,21,24). The van der Waals surface area contributed by atoms with E-state index in [1.54, 1.807) is 7.05 Å². The number of Topliss-reactive ketones (excluding diaryl/α,β-unsaturated/α-hetero) is 1. The Hall–Kier alpha value is -2.15. The molecule has 0 saturated heterocycles. The van der Waals surface area contributed by atoms with Crippen LogP contribution in [0.4, 0.5) is 5.13 Å². The summed E-state index contributed by atoms with van der Waals surface area (Å²) in [7, 11) is 1.64. The van der Waals surface area contributed by atoms with Gasteiger partial charge in [0.2, 0.25) is 0 Å². The topological polar surface area (TPSA) is 64.0 Å². The second kappa shape index (κ2) is 7.00. The maximum Gasteiger partial charge on any atom is 0.274 e. The number of benzene rings is 1. The van der Waals surface area contributed by atoms with Crippen LogP contribution < -0.4 is 5.32 Å². The van der Waals surface area contributed by atoms with Gasteiger partial charge in [-0.2, -0.15) is 0 Å². The zero-order valence-electron chi connectivity index (χ0n) is 13.3. The molecule has 0 aliphatic heterocycles. The van der Waals surface area contributed by atoms with Gasteiger partial charge >= 0.3 is 0 Å². The van der Waals surface area contributed by atoms with Crippen molar-refractivity contribution in [3.8, 4) is 11.3 Å². The van der Waals surface area contributed by atoms with Gasteiger partial charge in [0.25, 0.3) is 5.91 Å². The molecule has 1 amide bonds. The van der Waals surface area contributed by atoms with Crippen molar-refractivity contribution in [2.75, 3.05) is 5.32 Å². The maximum atomic E-state index is 12.5. The second-order valence-corrected chi connectivity index (χ2v) is 7.06. The summed E-state index contributed by atoms with van der Waals surface area (Å²) in [5.41, 5.74) is 1.67. The van der Waals surface area contributed by atoms with Crippen LogP contribution in [0.25, 0.3) is 11.3 Å². The molecule has 5 nitrogen and oxygen atoms in total. The molecule has 25 heavy (non-hydrogen) atoms. The summed E-state index contributed by atoms with van der Waals surface area (Å²) in [6.45, 7) is 1.47. The third-order valence-electron chi connectivity index (χ3n) is 3.56. The average Bonchev–Trinajstić information content (AvgIpc) is 3.12. The number of hydrogen-bond acceptors (Lipinski definition) is 4. The van der Waals surface area contributed by atoms with Gasteiger partial charge < -0.3 is 4.57 Å². The monoisotopic (exact) mass is 393 g/mol. The highest BCUT2D eigenvalue weighted by Gasteiger charge is 2.20. The molecule has 3 aromatic rings. The van der Waals surface area contributed by atoms with E-state index in [4.69, 9.17) is 23.2 Å². The third-order valence-corrected chi connectivity index (χ3v) is 5.48. The van der Waals surface area contributed by atoms with Crippen LogP contribution in [0.3, 0.4) is 0 Å². The molecule has 1 N–H and O–H groups in total. The number of nitrogens with zero attached hydrogens (tertiary/aromatic N) is 2. The Morgan fingerprint density at radius 2 is 1.88 bits per heavy atom. The second-order valence-electron chi connectivity index (χ2n) is 5.30. The van der Waals surface area contributed by atoms with Gasteiger partial charge in [-0.1, -0.05) is 64.9 Å². The fraction of sp³-hybridized carbons (Fsp3) is 0.118. The lowest BCUT2D eigenvalue weighted by atomic mass is 10.1. The van der Waals surface area contributed by atoms with E-state index in [0.717, 1.165) is 16.9 Å². The highest BCUT2D eigenvalue weighted by molar-refractivity contribution is 7.18. The van der Waals surface area contributed by atoms with E-state index in [1.807, 2.05) is 30.3 Å². The first-order valence-electron chi connectivity index (χ1n) is 7.27. The number of carbonyl (C=O) groups is 2. The summed E-state index contributed by atoms with van der Waals surface area (Å²) in [5.74, 6) is -0.512. The van der Waals surface area contributed by atoms with Crippen LogP contribution in [0.2, 0.25) is 10.2 Å². The van der Waals surface area contributed by atoms with E-state index < -0.39 is 5.91 Å². The van der Waals surface area contributed by atoms with Crippen LogP contribution in [0, 0.1) is 0 Å². The summed E-state index contributed by atoms with van der Waals surface area (Å²) >= 11 is 13.1. The molecule has 2 aromatic heterocycles. The summed E-state index contributed by atoms with van der Waals surface area (Å²) in [4.78, 5) is 29.3. The molecule has 8 heteroatoms. The lowest BCUT2D eigenvalue weighted by Crippen LogP contribution is -2.15. The van der Waals surface area contributed by atoms with Gasteiger partial charge in [0.15, 0.2) is 10.9 Å². The van der Waals surface area contributed by atoms with E-state index in [-0.39, 0.29) is 10.9 Å². The molecule has 0 bridgehead atoms. The highest BCUT2D eigenvalue weighted by Crippen LogP contribution is 2.32. The zero-order valence-corrected chi connectivity index (χ0v) is 15.7. The number of anilines is 1. The first-order valence-corrected chi connectivity index (χ1v) is 8.85. The van der Waals surface area contributed by atoms with Crippen molar-refractivity contribution in [2.24, 2.45) is 7.05 Å². The smallest absolute Gasteiger partial charge is 0.274 e. The largest absolute Gasteiger partial charge is 0.329 e. The first kappa shape index (κ1) is 17.7. The van der Waals surface area contributed by atoms with Gasteiger partial charge in [0.05, 0.1) is 15.6 Å². The number of ketones is 1. The molecule has 3 rings (SSSR count). The normalized spacial score (nSPS) is 10.7. The van der Waals surface area contributed by atoms with Crippen molar-refractivity contribution < 1.29 is 9.59 Å². The number of aromatic nitrogens is 2. The first-order chi connectivity index (χ1) is 11.9. The molecule has 0 radical (unpaired) electrons. The number of nitrogens with one attached hydrogen (secondary N) is 1. The third kappa shape index (κ3) is 3.46. The SMILES string of the molecule is CC(=O)c1sc(NC(=O)c2cc(Cl)c(Cl)n2C)nc1-c1ccccc1. The van der Waals surface area contributed by atoms with E-state index in [9.17, 15) is 9.59 Å². The average molecular weight is 394 g/mol. The molecule has 0 fully saturated rings. The molecule has 0 aliphatic rings. The lowest BCUT2D eigenvalue weighted by molar-refractivity contribution is 0.101. The number of carbonyl (C=O) groups excluding carboxylic acids is 2. The number of rotatable bonds is 4. The molecule has 0 saturated carbocycles. The molecular formula is C17H13Cl2N3O2S. The van der Waals surface area contributed by atoms with E-state index in [0.29, 0.717) is 26.4 Å². The highest BCUT2D eigenvalue weighted by atomic mass is 35.5. The van der Waals surface area contributed by atoms with Crippen molar-refractivity contribution >= 4 is 51.4 Å². The molecule has 0 spiro atoms. The fourth-order valence-electron chi connectivity index (χ4n) is 2.33. The molecular weight excluding hydrogens is 381 g/mol. The van der Waals surface area contributed by atoms with Crippen LogP contribution in [-0.2, 0) is 7.05 Å². The minimum Gasteiger partial charge on any atom is -0.329 e. The Kier molecular flexibility index (Phi) is 4.94. The van der Waals surface area contributed by atoms with Crippen molar-refractivity contribution in [3.05, 3.63) is 57.1 Å². The van der Waals surface area contributed by atoms with Crippen LogP contribution in [-0.4, -0.2) is 21.2 Å². The maximum absolute atomic E-state index is 12.5. The zero-order chi connectivity index (χ0) is 18.1. The quantitative estimate of drug-likeness (QED) is 0.640. The minimum atomic E-state index is -0.403. The minimum absolute atomic E-state index is 0.109. The Labute approximate surface area is 158 Å². The van der Waals surface area contributed by atoms with Crippen molar-refractivity contribution in [3.63, 3.8) is 0 Å². The Balaban J connectivity index is 1.94. The van der Waals surface area contributed by atoms with Crippen molar-refractivity contribution in [1.82, 2.24) is 9.55 Å². The molecule has 2 heterocycles. The summed E-state index contributed by atoms with van der Waals surface area (Å²) < 4.78 is 1.48. The van der Waals surface area contributed by atoms with Gasteiger partial charge in [-0.25, -0.2) is 4.98 Å². The predicted molar refractivity (Wildman–Crippen MR) is 101 cm³/mol. The summed E-state index contributed by atoms with van der Waals surface area (Å²) in [6.07, 6.45) is 0. The summed E-state index contributed by atoms with van der Waals surface area (Å²) in [6, 6.07) is 10.8.